The molecule has 0 aromatic carbocycles. The van der Waals surface area contributed by atoms with E-state index in [1.54, 1.807) is 34.6 Å². The van der Waals surface area contributed by atoms with Gasteiger partial charge < -0.3 is 9.67 Å². The minimum atomic E-state index is -1.05. The zero-order valence-electron chi connectivity index (χ0n) is 16.1. The zero-order chi connectivity index (χ0) is 19.7. The number of aromatic carboxylic acids is 1. The number of carboxylic acid groups (broad SMARTS) is 1. The number of hydrogen-bond donors (Lipinski definition) is 1. The third-order valence-electron chi connectivity index (χ3n) is 5.13. The maximum absolute atomic E-state index is 13.3. The van der Waals surface area contributed by atoms with Crippen LogP contribution >= 0.6 is 0 Å². The Morgan fingerprint density at radius 2 is 1.96 bits per heavy atom. The van der Waals surface area contributed by atoms with Gasteiger partial charge in [0.2, 0.25) is 0 Å². The van der Waals surface area contributed by atoms with E-state index in [0.29, 0.717) is 23.4 Å². The summed E-state index contributed by atoms with van der Waals surface area (Å²) in [7, 11) is 0. The largest absolute Gasteiger partial charge is 0.478 e. The average molecular weight is 371 g/mol. The highest BCUT2D eigenvalue weighted by Gasteiger charge is 2.23. The first-order chi connectivity index (χ1) is 12.9. The van der Waals surface area contributed by atoms with Crippen molar-refractivity contribution in [2.75, 3.05) is 0 Å². The van der Waals surface area contributed by atoms with Crippen molar-refractivity contribution < 1.29 is 9.90 Å². The molecule has 8 heteroatoms. The predicted molar refractivity (Wildman–Crippen MR) is 102 cm³/mol. The summed E-state index contributed by atoms with van der Waals surface area (Å²) in [6.45, 7) is 8.80. The highest BCUT2D eigenvalue weighted by molar-refractivity contribution is 5.92. The molecule has 8 nitrogen and oxygen atoms in total. The first-order valence-corrected chi connectivity index (χ1v) is 9.27. The van der Waals surface area contributed by atoms with Gasteiger partial charge in [0.1, 0.15) is 0 Å². The number of aryl methyl sites for hydroxylation is 2. The van der Waals surface area contributed by atoms with Gasteiger partial charge in [0.05, 0.1) is 35.3 Å². The van der Waals surface area contributed by atoms with E-state index in [1.807, 2.05) is 25.3 Å². The molecule has 27 heavy (non-hydrogen) atoms. The van der Waals surface area contributed by atoms with Crippen LogP contribution in [0.2, 0.25) is 0 Å². The van der Waals surface area contributed by atoms with E-state index in [4.69, 9.17) is 0 Å². The molecular weight excluding hydrogens is 346 g/mol. The minimum Gasteiger partial charge on any atom is -0.478 e. The summed E-state index contributed by atoms with van der Waals surface area (Å²) in [5, 5.41) is 9.48. The number of rotatable bonds is 7. The van der Waals surface area contributed by atoms with Gasteiger partial charge in [0.15, 0.2) is 5.65 Å². The van der Waals surface area contributed by atoms with Crippen molar-refractivity contribution in [3.63, 3.8) is 0 Å². The molecule has 0 saturated carbocycles. The average Bonchev–Trinajstić information content (AvgIpc) is 3.19. The number of carbonyl (C=O) groups is 1. The number of imidazole rings is 2. The van der Waals surface area contributed by atoms with E-state index in [1.165, 1.54) is 0 Å². The Bertz CT molecular complexity index is 1040. The summed E-state index contributed by atoms with van der Waals surface area (Å²) in [6.07, 6.45) is 5.05. The fraction of sp³-hybridized carbons (Fsp3) is 0.474. The molecule has 0 amide bonds. The van der Waals surface area contributed by atoms with Crippen LogP contribution < -0.4 is 5.69 Å². The number of fused-ring (bicyclic) bond motifs is 1. The van der Waals surface area contributed by atoms with Crippen molar-refractivity contribution >= 4 is 17.1 Å². The fourth-order valence-electron chi connectivity index (χ4n) is 3.56. The van der Waals surface area contributed by atoms with Crippen molar-refractivity contribution in [2.45, 2.75) is 59.7 Å². The lowest BCUT2D eigenvalue weighted by atomic mass is 10.1. The van der Waals surface area contributed by atoms with Gasteiger partial charge in [-0.3, -0.25) is 9.13 Å². The Labute approximate surface area is 157 Å². The van der Waals surface area contributed by atoms with Crippen molar-refractivity contribution in [3.8, 4) is 0 Å². The van der Waals surface area contributed by atoms with Gasteiger partial charge in [-0.05, 0) is 32.8 Å². The van der Waals surface area contributed by atoms with E-state index in [2.05, 4.69) is 9.97 Å². The molecule has 3 heterocycles. The summed E-state index contributed by atoms with van der Waals surface area (Å²) in [5.41, 5.74) is 2.32. The predicted octanol–water partition coefficient (Wildman–Crippen LogP) is 2.83. The SMILES string of the molecule is CCC(CC)n1c(=O)n(Cc2cncn2CC)c2cc(C(=O)O)c(C)nc21. The third kappa shape index (κ3) is 3.15. The fourth-order valence-corrected chi connectivity index (χ4v) is 3.56. The maximum Gasteiger partial charge on any atom is 0.337 e. The molecule has 0 saturated heterocycles. The van der Waals surface area contributed by atoms with Gasteiger partial charge in [-0.15, -0.1) is 0 Å². The lowest BCUT2D eigenvalue weighted by Gasteiger charge is -2.14. The highest BCUT2D eigenvalue weighted by atomic mass is 16.4. The molecule has 144 valence electrons. The number of nitrogens with zero attached hydrogens (tertiary/aromatic N) is 5. The van der Waals surface area contributed by atoms with Crippen molar-refractivity contribution in [2.24, 2.45) is 0 Å². The first-order valence-electron chi connectivity index (χ1n) is 9.27. The van der Waals surface area contributed by atoms with Gasteiger partial charge in [-0.25, -0.2) is 19.6 Å². The normalized spacial score (nSPS) is 11.6. The number of hydrogen-bond acceptors (Lipinski definition) is 4. The Kier molecular flexibility index (Phi) is 5.16. The summed E-state index contributed by atoms with van der Waals surface area (Å²) in [5.74, 6) is -1.05. The molecule has 0 fully saturated rings. The zero-order valence-corrected chi connectivity index (χ0v) is 16.1. The Morgan fingerprint density at radius 3 is 2.56 bits per heavy atom. The van der Waals surface area contributed by atoms with Gasteiger partial charge in [-0.2, -0.15) is 0 Å². The molecule has 0 radical (unpaired) electrons. The van der Waals surface area contributed by atoms with Crippen LogP contribution in [0, 0.1) is 6.92 Å². The second-order valence-corrected chi connectivity index (χ2v) is 6.65. The monoisotopic (exact) mass is 371 g/mol. The van der Waals surface area contributed by atoms with E-state index >= 15 is 0 Å². The number of aromatic nitrogens is 5. The standard InChI is InChI=1S/C19H25N5O3/c1-5-13(6-2)24-17-16(8-15(18(25)26)12(4)21-17)23(19(24)27)10-14-9-20-11-22(14)7-3/h8-9,11,13H,5-7,10H2,1-4H3,(H,25,26). The molecule has 0 aliphatic rings. The van der Waals surface area contributed by atoms with Crippen LogP contribution in [-0.2, 0) is 13.1 Å². The van der Waals surface area contributed by atoms with E-state index in [-0.39, 0.29) is 17.3 Å². The Balaban J connectivity index is 2.30. The smallest absolute Gasteiger partial charge is 0.337 e. The van der Waals surface area contributed by atoms with Crippen LogP contribution in [-0.4, -0.2) is 34.7 Å². The molecule has 3 rings (SSSR count). The van der Waals surface area contributed by atoms with Crippen LogP contribution in [0.1, 0.15) is 61.4 Å². The van der Waals surface area contributed by atoms with Gasteiger partial charge in [-0.1, -0.05) is 13.8 Å². The topological polar surface area (TPSA) is 94.9 Å². The number of carboxylic acids is 1. The third-order valence-corrected chi connectivity index (χ3v) is 5.13. The lowest BCUT2D eigenvalue weighted by Crippen LogP contribution is -2.28. The molecule has 0 spiro atoms. The first kappa shape index (κ1) is 18.9. The highest BCUT2D eigenvalue weighted by Crippen LogP contribution is 2.23. The summed E-state index contributed by atoms with van der Waals surface area (Å²) in [6, 6.07) is 1.58. The molecule has 3 aromatic rings. The summed E-state index contributed by atoms with van der Waals surface area (Å²) in [4.78, 5) is 33.5. The van der Waals surface area contributed by atoms with Crippen LogP contribution in [0.25, 0.3) is 11.2 Å². The lowest BCUT2D eigenvalue weighted by molar-refractivity contribution is 0.0695. The summed E-state index contributed by atoms with van der Waals surface area (Å²) < 4.78 is 5.28. The molecule has 0 aliphatic carbocycles. The molecule has 0 aliphatic heterocycles. The quantitative estimate of drug-likeness (QED) is 0.689. The molecule has 0 unspecified atom stereocenters. The van der Waals surface area contributed by atoms with E-state index in [0.717, 1.165) is 25.1 Å². The van der Waals surface area contributed by atoms with Crippen LogP contribution in [0.4, 0.5) is 0 Å². The van der Waals surface area contributed by atoms with Gasteiger partial charge in [0, 0.05) is 18.8 Å². The second-order valence-electron chi connectivity index (χ2n) is 6.65. The van der Waals surface area contributed by atoms with Crippen LogP contribution in [0.5, 0.6) is 0 Å². The maximum atomic E-state index is 13.3. The van der Waals surface area contributed by atoms with Crippen LogP contribution in [0.3, 0.4) is 0 Å². The van der Waals surface area contributed by atoms with E-state index < -0.39 is 5.97 Å². The van der Waals surface area contributed by atoms with Crippen LogP contribution in [0.15, 0.2) is 23.4 Å². The van der Waals surface area contributed by atoms with Gasteiger partial charge >= 0.3 is 11.7 Å². The minimum absolute atomic E-state index is 0.0138. The molecule has 0 atom stereocenters. The Morgan fingerprint density at radius 1 is 1.26 bits per heavy atom. The van der Waals surface area contributed by atoms with E-state index in [9.17, 15) is 14.7 Å². The van der Waals surface area contributed by atoms with Crippen molar-refractivity contribution in [1.82, 2.24) is 23.7 Å². The molecule has 0 bridgehead atoms. The van der Waals surface area contributed by atoms with Gasteiger partial charge in [0.25, 0.3) is 0 Å². The number of pyridine rings is 1. The Hall–Kier alpha value is -2.90. The van der Waals surface area contributed by atoms with Crippen molar-refractivity contribution in [3.05, 3.63) is 46.0 Å². The molecule has 1 N–H and O–H groups in total. The molecule has 3 aromatic heterocycles. The second kappa shape index (κ2) is 7.38. The van der Waals surface area contributed by atoms with Crippen molar-refractivity contribution in [1.29, 1.82) is 0 Å². The molecular formula is C19H25N5O3. The summed E-state index contributed by atoms with van der Waals surface area (Å²) >= 11 is 0.